The van der Waals surface area contributed by atoms with E-state index in [1.807, 2.05) is 0 Å². The SMILES string of the molecule is C/C=C/C(=C(/C)Br)c1ccc(OCCN2CCCCC2)cc1CCC. The van der Waals surface area contributed by atoms with Gasteiger partial charge in [0.15, 0.2) is 0 Å². The van der Waals surface area contributed by atoms with E-state index in [0.29, 0.717) is 0 Å². The zero-order valence-corrected chi connectivity index (χ0v) is 17.6. The average Bonchev–Trinajstić information content (AvgIpc) is 2.61. The number of ether oxygens (including phenoxy) is 1. The van der Waals surface area contributed by atoms with Crippen LogP contribution in [0.2, 0.25) is 0 Å². The second kappa shape index (κ2) is 10.8. The summed E-state index contributed by atoms with van der Waals surface area (Å²) in [5.74, 6) is 0.997. The third kappa shape index (κ3) is 6.31. The Labute approximate surface area is 162 Å². The van der Waals surface area contributed by atoms with Crippen LogP contribution in [0.3, 0.4) is 0 Å². The van der Waals surface area contributed by atoms with E-state index in [2.05, 4.69) is 72.0 Å². The average molecular weight is 406 g/mol. The highest BCUT2D eigenvalue weighted by Crippen LogP contribution is 2.30. The van der Waals surface area contributed by atoms with Crippen molar-refractivity contribution in [2.75, 3.05) is 26.2 Å². The van der Waals surface area contributed by atoms with E-state index < -0.39 is 0 Å². The molecule has 1 heterocycles. The number of rotatable bonds is 8. The van der Waals surface area contributed by atoms with Gasteiger partial charge < -0.3 is 4.74 Å². The number of piperidine rings is 1. The van der Waals surface area contributed by atoms with Gasteiger partial charge in [0.1, 0.15) is 12.4 Å². The van der Waals surface area contributed by atoms with E-state index in [1.54, 1.807) is 0 Å². The van der Waals surface area contributed by atoms with Crippen LogP contribution in [0.1, 0.15) is 57.6 Å². The van der Waals surface area contributed by atoms with Gasteiger partial charge in [0.25, 0.3) is 0 Å². The van der Waals surface area contributed by atoms with Gasteiger partial charge in [-0.2, -0.15) is 0 Å². The molecule has 0 atom stereocenters. The summed E-state index contributed by atoms with van der Waals surface area (Å²) >= 11 is 3.66. The Morgan fingerprint density at radius 2 is 2.00 bits per heavy atom. The minimum Gasteiger partial charge on any atom is -0.492 e. The van der Waals surface area contributed by atoms with Gasteiger partial charge in [-0.15, -0.1) is 0 Å². The maximum absolute atomic E-state index is 6.06. The minimum absolute atomic E-state index is 0.778. The lowest BCUT2D eigenvalue weighted by atomic mass is 9.96. The molecule has 1 saturated heterocycles. The van der Waals surface area contributed by atoms with Crippen LogP contribution in [0.4, 0.5) is 0 Å². The summed E-state index contributed by atoms with van der Waals surface area (Å²) in [4.78, 5) is 2.52. The normalized spacial score (nSPS) is 17.0. The number of hydrogen-bond acceptors (Lipinski definition) is 2. The van der Waals surface area contributed by atoms with Gasteiger partial charge >= 0.3 is 0 Å². The molecule has 0 amide bonds. The maximum Gasteiger partial charge on any atom is 0.119 e. The first-order valence-electron chi connectivity index (χ1n) is 9.63. The van der Waals surface area contributed by atoms with Gasteiger partial charge in [0.05, 0.1) is 0 Å². The molecular weight excluding hydrogens is 374 g/mol. The number of allylic oxidation sites excluding steroid dienone is 4. The zero-order valence-electron chi connectivity index (χ0n) is 16.0. The van der Waals surface area contributed by atoms with Crippen molar-refractivity contribution < 1.29 is 4.74 Å². The summed E-state index contributed by atoms with van der Waals surface area (Å²) in [5, 5.41) is 0. The van der Waals surface area contributed by atoms with Crippen LogP contribution in [-0.4, -0.2) is 31.1 Å². The fraction of sp³-hybridized carbons (Fsp3) is 0.545. The molecule has 25 heavy (non-hydrogen) atoms. The Balaban J connectivity index is 2.07. The first kappa shape index (κ1) is 20.3. The predicted octanol–water partition coefficient (Wildman–Crippen LogP) is 6.21. The van der Waals surface area contributed by atoms with Crippen LogP contribution in [-0.2, 0) is 6.42 Å². The van der Waals surface area contributed by atoms with Gasteiger partial charge in [-0.25, -0.2) is 0 Å². The van der Waals surface area contributed by atoms with Crippen LogP contribution in [0, 0.1) is 0 Å². The third-order valence-corrected chi connectivity index (χ3v) is 5.14. The van der Waals surface area contributed by atoms with Crippen LogP contribution in [0.25, 0.3) is 5.57 Å². The van der Waals surface area contributed by atoms with Crippen molar-refractivity contribution >= 4 is 21.5 Å². The largest absolute Gasteiger partial charge is 0.492 e. The van der Waals surface area contributed by atoms with Crippen molar-refractivity contribution in [3.63, 3.8) is 0 Å². The highest BCUT2D eigenvalue weighted by atomic mass is 79.9. The number of likely N-dealkylation sites (tertiary alicyclic amines) is 1. The molecule has 0 saturated carbocycles. The van der Waals surface area contributed by atoms with Gasteiger partial charge in [0, 0.05) is 6.54 Å². The quantitative estimate of drug-likeness (QED) is 0.476. The molecule has 0 radical (unpaired) electrons. The van der Waals surface area contributed by atoms with Crippen molar-refractivity contribution in [2.45, 2.75) is 52.9 Å². The molecule has 0 unspecified atom stereocenters. The van der Waals surface area contributed by atoms with Crippen LogP contribution >= 0.6 is 15.9 Å². The molecule has 0 spiro atoms. The summed E-state index contributed by atoms with van der Waals surface area (Å²) in [6.07, 6.45) is 10.5. The smallest absolute Gasteiger partial charge is 0.119 e. The Bertz CT molecular complexity index is 596. The summed E-state index contributed by atoms with van der Waals surface area (Å²) in [6.45, 7) is 10.7. The van der Waals surface area contributed by atoms with E-state index in [1.165, 1.54) is 53.5 Å². The summed E-state index contributed by atoms with van der Waals surface area (Å²) < 4.78 is 7.23. The Morgan fingerprint density at radius 1 is 1.24 bits per heavy atom. The van der Waals surface area contributed by atoms with Gasteiger partial charge in [-0.3, -0.25) is 4.90 Å². The zero-order chi connectivity index (χ0) is 18.1. The topological polar surface area (TPSA) is 12.5 Å². The van der Waals surface area contributed by atoms with Crippen LogP contribution in [0.5, 0.6) is 5.75 Å². The molecule has 0 aliphatic carbocycles. The van der Waals surface area contributed by atoms with E-state index in [4.69, 9.17) is 4.74 Å². The lowest BCUT2D eigenvalue weighted by Gasteiger charge is -2.26. The van der Waals surface area contributed by atoms with E-state index in [0.717, 1.165) is 31.7 Å². The Kier molecular flexibility index (Phi) is 8.77. The van der Waals surface area contributed by atoms with Crippen LogP contribution in [0.15, 0.2) is 34.8 Å². The molecule has 0 N–H and O–H groups in total. The molecule has 1 fully saturated rings. The second-order valence-electron chi connectivity index (χ2n) is 6.77. The molecule has 1 aliphatic rings. The molecule has 3 heteroatoms. The van der Waals surface area contributed by atoms with E-state index in [-0.39, 0.29) is 0 Å². The number of nitrogens with zero attached hydrogens (tertiary/aromatic N) is 1. The molecule has 2 nitrogen and oxygen atoms in total. The third-order valence-electron chi connectivity index (χ3n) is 4.72. The molecule has 2 rings (SSSR count). The summed E-state index contributed by atoms with van der Waals surface area (Å²) in [7, 11) is 0. The van der Waals surface area contributed by atoms with Gasteiger partial charge in [-0.05, 0) is 79.5 Å². The van der Waals surface area contributed by atoms with Crippen molar-refractivity contribution in [3.05, 3.63) is 46.0 Å². The van der Waals surface area contributed by atoms with E-state index in [9.17, 15) is 0 Å². The fourth-order valence-corrected chi connectivity index (χ4v) is 3.78. The van der Waals surface area contributed by atoms with Gasteiger partial charge in [0.2, 0.25) is 0 Å². The van der Waals surface area contributed by atoms with Crippen molar-refractivity contribution in [1.82, 2.24) is 4.90 Å². The lowest BCUT2D eigenvalue weighted by molar-refractivity contribution is 0.183. The summed E-state index contributed by atoms with van der Waals surface area (Å²) in [6, 6.07) is 6.56. The highest BCUT2D eigenvalue weighted by Gasteiger charge is 2.11. The van der Waals surface area contributed by atoms with Crippen molar-refractivity contribution in [3.8, 4) is 5.75 Å². The van der Waals surface area contributed by atoms with Crippen molar-refractivity contribution in [2.24, 2.45) is 0 Å². The number of benzene rings is 1. The minimum atomic E-state index is 0.778. The molecular formula is C22H32BrNO. The molecule has 1 aliphatic heterocycles. The second-order valence-corrected chi connectivity index (χ2v) is 7.96. The van der Waals surface area contributed by atoms with Crippen molar-refractivity contribution in [1.29, 1.82) is 0 Å². The Morgan fingerprint density at radius 3 is 2.64 bits per heavy atom. The van der Waals surface area contributed by atoms with E-state index >= 15 is 0 Å². The first-order valence-corrected chi connectivity index (χ1v) is 10.4. The molecule has 0 aromatic heterocycles. The molecule has 1 aromatic carbocycles. The molecule has 138 valence electrons. The fourth-order valence-electron chi connectivity index (χ4n) is 3.43. The Hall–Kier alpha value is -1.06. The lowest BCUT2D eigenvalue weighted by Crippen LogP contribution is -2.33. The predicted molar refractivity (Wildman–Crippen MR) is 113 cm³/mol. The first-order chi connectivity index (χ1) is 12.2. The molecule has 0 bridgehead atoms. The number of halogens is 1. The summed E-state index contributed by atoms with van der Waals surface area (Å²) in [5.41, 5.74) is 3.92. The maximum atomic E-state index is 6.06. The van der Waals surface area contributed by atoms with Gasteiger partial charge in [-0.1, -0.05) is 53.9 Å². The standard InChI is InChI=1S/C22H32BrNO/c1-4-9-19-17-20(25-16-15-24-13-7-6-8-14-24)11-12-22(19)21(10-5-2)18(3)23/h5,10-12,17H,4,6-9,13-16H2,1-3H3/b10-5+,21-18+. The van der Waals surface area contributed by atoms with Crippen LogP contribution < -0.4 is 4.74 Å². The number of hydrogen-bond donors (Lipinski definition) is 0. The molecule has 1 aromatic rings. The monoisotopic (exact) mass is 405 g/mol. The highest BCUT2D eigenvalue weighted by molar-refractivity contribution is 9.11. The number of aryl methyl sites for hydroxylation is 1.